The van der Waals surface area contributed by atoms with Crippen molar-refractivity contribution in [2.45, 2.75) is 58.2 Å². The van der Waals surface area contributed by atoms with Crippen molar-refractivity contribution in [1.82, 2.24) is 15.2 Å². The smallest absolute Gasteiger partial charge is 0.228 e. The number of anilines is 1. The SMILES string of the molecule is C=C(Nc1ccc(C)cn1)C1CCC=CC1NC(=O)C1C=CC(N(C)C(C)N)=CC1CCCCN. The van der Waals surface area contributed by atoms with E-state index in [2.05, 4.69) is 40.4 Å². The fourth-order valence-corrected chi connectivity index (χ4v) is 4.69. The lowest BCUT2D eigenvalue weighted by molar-refractivity contribution is -0.125. The van der Waals surface area contributed by atoms with Gasteiger partial charge in [-0.1, -0.05) is 43.4 Å². The minimum atomic E-state index is -0.228. The van der Waals surface area contributed by atoms with Crippen LogP contribution in [0.15, 0.2) is 66.7 Å². The van der Waals surface area contributed by atoms with E-state index in [4.69, 9.17) is 11.5 Å². The van der Waals surface area contributed by atoms with E-state index in [0.29, 0.717) is 6.54 Å². The minimum Gasteiger partial charge on any atom is -0.360 e. The normalized spacial score (nSPS) is 24.4. The van der Waals surface area contributed by atoms with E-state index in [-0.39, 0.29) is 35.9 Å². The van der Waals surface area contributed by atoms with Crippen molar-refractivity contribution in [3.8, 4) is 0 Å². The zero-order chi connectivity index (χ0) is 25.4. The number of amides is 1. The second kappa shape index (κ2) is 12.7. The molecule has 0 radical (unpaired) electrons. The first kappa shape index (κ1) is 26.7. The number of carbonyl (C=O) groups excluding carboxylic acids is 1. The highest BCUT2D eigenvalue weighted by atomic mass is 16.2. The van der Waals surface area contributed by atoms with Gasteiger partial charge < -0.3 is 27.0 Å². The fraction of sp³-hybridized carbons (Fsp3) is 0.500. The topological polar surface area (TPSA) is 109 Å². The van der Waals surface area contributed by atoms with Crippen LogP contribution in [0.4, 0.5) is 5.82 Å². The maximum atomic E-state index is 13.5. The molecule has 5 atom stereocenters. The van der Waals surface area contributed by atoms with Crippen LogP contribution >= 0.6 is 0 Å². The lowest BCUT2D eigenvalue weighted by atomic mass is 9.81. The summed E-state index contributed by atoms with van der Waals surface area (Å²) in [5, 5.41) is 6.66. The van der Waals surface area contributed by atoms with Gasteiger partial charge in [-0.15, -0.1) is 0 Å². The van der Waals surface area contributed by atoms with Gasteiger partial charge in [-0.25, -0.2) is 4.98 Å². The van der Waals surface area contributed by atoms with Crippen LogP contribution < -0.4 is 22.1 Å². The van der Waals surface area contributed by atoms with E-state index < -0.39 is 0 Å². The first-order valence-electron chi connectivity index (χ1n) is 12.7. The first-order chi connectivity index (χ1) is 16.8. The van der Waals surface area contributed by atoms with Crippen LogP contribution in [0.2, 0.25) is 0 Å². The Morgan fingerprint density at radius 3 is 2.80 bits per heavy atom. The van der Waals surface area contributed by atoms with Gasteiger partial charge >= 0.3 is 0 Å². The maximum Gasteiger partial charge on any atom is 0.228 e. The second-order valence-corrected chi connectivity index (χ2v) is 9.79. The fourth-order valence-electron chi connectivity index (χ4n) is 4.69. The lowest BCUT2D eigenvalue weighted by Crippen LogP contribution is -2.46. The standard InChI is InChI=1S/C28H42N6O/c1-19-12-15-27(31-18-19)32-20(2)24-10-5-6-11-26(24)33-28(35)25-14-13-23(34(4)21(3)30)17-22(25)9-7-8-16-29/h6,11-15,17-18,21-22,24-26H,2,5,7-10,16,29-30H2,1,3-4H3,(H,31,32)(H,33,35). The lowest BCUT2D eigenvalue weighted by Gasteiger charge is -2.34. The maximum absolute atomic E-state index is 13.5. The predicted molar refractivity (Wildman–Crippen MR) is 144 cm³/mol. The molecule has 5 unspecified atom stereocenters. The Hall–Kier alpha value is -2.90. The number of nitrogens with zero attached hydrogens (tertiary/aromatic N) is 2. The Kier molecular flexibility index (Phi) is 9.69. The Labute approximate surface area is 210 Å². The molecule has 0 aromatic carbocycles. The number of pyridine rings is 1. The quantitative estimate of drug-likeness (QED) is 0.219. The number of nitrogens with one attached hydrogen (secondary N) is 2. The van der Waals surface area contributed by atoms with Gasteiger partial charge in [0.2, 0.25) is 5.91 Å². The average Bonchev–Trinajstić information content (AvgIpc) is 2.85. The van der Waals surface area contributed by atoms with Gasteiger partial charge in [-0.3, -0.25) is 4.79 Å². The van der Waals surface area contributed by atoms with Crippen molar-refractivity contribution in [1.29, 1.82) is 0 Å². The van der Waals surface area contributed by atoms with Gasteiger partial charge in [0.15, 0.2) is 0 Å². The summed E-state index contributed by atoms with van der Waals surface area (Å²) in [4.78, 5) is 20.0. The number of aryl methyl sites for hydroxylation is 1. The third kappa shape index (κ3) is 7.29. The molecule has 0 aliphatic heterocycles. The Bertz CT molecular complexity index is 949. The van der Waals surface area contributed by atoms with E-state index in [1.165, 1.54) is 0 Å². The molecule has 7 heteroatoms. The molecule has 1 amide bonds. The van der Waals surface area contributed by atoms with Crippen molar-refractivity contribution >= 4 is 11.7 Å². The first-order valence-corrected chi connectivity index (χ1v) is 12.7. The van der Waals surface area contributed by atoms with E-state index >= 15 is 0 Å². The number of unbranched alkanes of at least 4 members (excludes halogenated alkanes) is 1. The molecule has 2 aliphatic carbocycles. The van der Waals surface area contributed by atoms with Crippen LogP contribution in [0, 0.1) is 24.7 Å². The van der Waals surface area contributed by atoms with E-state index in [1.54, 1.807) is 0 Å². The van der Waals surface area contributed by atoms with Crippen molar-refractivity contribution in [2.24, 2.45) is 29.2 Å². The number of aromatic nitrogens is 1. The highest BCUT2D eigenvalue weighted by Crippen LogP contribution is 2.31. The Balaban J connectivity index is 1.70. The molecular weight excluding hydrogens is 436 g/mol. The van der Waals surface area contributed by atoms with Gasteiger partial charge in [0.25, 0.3) is 0 Å². The number of nitrogens with two attached hydrogens (primary N) is 2. The van der Waals surface area contributed by atoms with Gasteiger partial charge in [0.05, 0.1) is 18.1 Å². The van der Waals surface area contributed by atoms with Crippen molar-refractivity contribution < 1.29 is 4.79 Å². The summed E-state index contributed by atoms with van der Waals surface area (Å²) in [5.74, 6) is 0.776. The van der Waals surface area contributed by atoms with Crippen LogP contribution in [0.25, 0.3) is 0 Å². The summed E-state index contributed by atoms with van der Waals surface area (Å²) in [5.41, 5.74) is 14.8. The summed E-state index contributed by atoms with van der Waals surface area (Å²) in [6.45, 7) is 8.92. The van der Waals surface area contributed by atoms with Gasteiger partial charge in [-0.2, -0.15) is 0 Å². The molecule has 2 aliphatic rings. The second-order valence-electron chi connectivity index (χ2n) is 9.79. The molecule has 0 bridgehead atoms. The molecule has 1 aromatic rings. The molecule has 1 heterocycles. The number of carbonyl (C=O) groups is 1. The number of hydrogen-bond acceptors (Lipinski definition) is 6. The summed E-state index contributed by atoms with van der Waals surface area (Å²) in [7, 11) is 1.98. The van der Waals surface area contributed by atoms with Crippen molar-refractivity contribution in [3.05, 3.63) is 72.2 Å². The molecule has 190 valence electrons. The van der Waals surface area contributed by atoms with Crippen molar-refractivity contribution in [3.63, 3.8) is 0 Å². The van der Waals surface area contributed by atoms with Crippen molar-refractivity contribution in [2.75, 3.05) is 18.9 Å². The largest absolute Gasteiger partial charge is 0.360 e. The molecule has 7 nitrogen and oxygen atoms in total. The molecule has 6 N–H and O–H groups in total. The monoisotopic (exact) mass is 478 g/mol. The van der Waals surface area contributed by atoms with E-state index in [9.17, 15) is 4.79 Å². The van der Waals surface area contributed by atoms with Crippen LogP contribution in [0.1, 0.15) is 44.6 Å². The predicted octanol–water partition coefficient (Wildman–Crippen LogP) is 3.82. The summed E-state index contributed by atoms with van der Waals surface area (Å²) < 4.78 is 0. The van der Waals surface area contributed by atoms with E-state index in [0.717, 1.165) is 54.9 Å². The van der Waals surface area contributed by atoms with Crippen LogP contribution in [-0.2, 0) is 4.79 Å². The molecule has 0 spiro atoms. The summed E-state index contributed by atoms with van der Waals surface area (Å²) in [6, 6.07) is 3.86. The molecule has 3 rings (SSSR count). The van der Waals surface area contributed by atoms with E-state index in [1.807, 2.05) is 56.3 Å². The third-order valence-electron chi connectivity index (χ3n) is 7.01. The number of hydrogen-bond donors (Lipinski definition) is 4. The minimum absolute atomic E-state index is 0.0422. The number of allylic oxidation sites excluding steroid dienone is 3. The molecule has 0 saturated heterocycles. The summed E-state index contributed by atoms with van der Waals surface area (Å²) >= 11 is 0. The van der Waals surface area contributed by atoms with Gasteiger partial charge in [-0.05, 0) is 69.7 Å². The Morgan fingerprint density at radius 1 is 1.31 bits per heavy atom. The van der Waals surface area contributed by atoms with Crippen LogP contribution in [-0.4, -0.2) is 41.6 Å². The van der Waals surface area contributed by atoms with Crippen LogP contribution in [0.5, 0.6) is 0 Å². The molecule has 35 heavy (non-hydrogen) atoms. The van der Waals surface area contributed by atoms with Gasteiger partial charge in [0.1, 0.15) is 5.82 Å². The highest BCUT2D eigenvalue weighted by molar-refractivity contribution is 5.82. The molecule has 1 aromatic heterocycles. The number of rotatable bonds is 11. The Morgan fingerprint density at radius 2 is 2.11 bits per heavy atom. The molecular formula is C28H42N6O. The third-order valence-corrected chi connectivity index (χ3v) is 7.01. The number of likely N-dealkylation sites (N-methyl/N-ethyl adjacent to an activating group) is 1. The summed E-state index contributed by atoms with van der Waals surface area (Å²) in [6.07, 6.45) is 16.9. The van der Waals surface area contributed by atoms with Crippen LogP contribution in [0.3, 0.4) is 0 Å². The zero-order valence-electron chi connectivity index (χ0n) is 21.4. The zero-order valence-corrected chi connectivity index (χ0v) is 21.4. The molecule has 0 fully saturated rings. The van der Waals surface area contributed by atoms with Gasteiger partial charge in [0, 0.05) is 30.6 Å². The highest BCUT2D eigenvalue weighted by Gasteiger charge is 2.32. The molecule has 0 saturated carbocycles. The average molecular weight is 479 g/mol.